The van der Waals surface area contributed by atoms with Gasteiger partial charge in [-0.15, -0.1) is 0 Å². The normalized spacial score (nSPS) is 11.7. The summed E-state index contributed by atoms with van der Waals surface area (Å²) >= 11 is 6.00. The van der Waals surface area contributed by atoms with E-state index in [9.17, 15) is 9.59 Å². The van der Waals surface area contributed by atoms with Gasteiger partial charge in [0, 0.05) is 17.5 Å². The van der Waals surface area contributed by atoms with Crippen molar-refractivity contribution in [3.8, 4) is 5.75 Å². The van der Waals surface area contributed by atoms with E-state index in [1.54, 1.807) is 26.2 Å². The van der Waals surface area contributed by atoms with Crippen LogP contribution in [0.2, 0.25) is 5.02 Å². The lowest BCUT2D eigenvalue weighted by Crippen LogP contribution is -2.31. The molecule has 0 saturated heterocycles. The molecule has 0 bridgehead atoms. The van der Waals surface area contributed by atoms with Gasteiger partial charge in [-0.3, -0.25) is 9.59 Å². The number of methoxy groups -OCH3 is 1. The van der Waals surface area contributed by atoms with Crippen LogP contribution in [0.4, 0.5) is 0 Å². The second-order valence-corrected chi connectivity index (χ2v) is 7.16. The second-order valence-electron chi connectivity index (χ2n) is 6.73. The third kappa shape index (κ3) is 5.93. The van der Waals surface area contributed by atoms with Crippen LogP contribution in [-0.2, 0) is 17.6 Å². The molecular formula is C22H22ClN3O3. The maximum Gasteiger partial charge on any atom is 0.251 e. The third-order valence-corrected chi connectivity index (χ3v) is 4.68. The SMILES string of the molecule is COc1cccc(CC(=O)N[C@H](Cc2cc(=O)[nH]c(C)n2)c2ccc(Cl)cc2)c1. The Labute approximate surface area is 173 Å². The van der Waals surface area contributed by atoms with Crippen LogP contribution in [0, 0.1) is 6.92 Å². The Bertz CT molecular complexity index is 1050. The number of carbonyl (C=O) groups excluding carboxylic acids is 1. The quantitative estimate of drug-likeness (QED) is 0.624. The zero-order valence-electron chi connectivity index (χ0n) is 16.2. The lowest BCUT2D eigenvalue weighted by atomic mass is 10.0. The molecule has 3 aromatic rings. The summed E-state index contributed by atoms with van der Waals surface area (Å²) in [5.41, 5.74) is 2.12. The maximum atomic E-state index is 12.7. The van der Waals surface area contributed by atoms with Gasteiger partial charge in [-0.1, -0.05) is 35.9 Å². The van der Waals surface area contributed by atoms with Crippen molar-refractivity contribution in [2.24, 2.45) is 0 Å². The molecule has 7 heteroatoms. The molecule has 0 aliphatic carbocycles. The summed E-state index contributed by atoms with van der Waals surface area (Å²) in [6, 6.07) is 15.8. The van der Waals surface area contributed by atoms with Gasteiger partial charge in [0.05, 0.1) is 25.3 Å². The highest BCUT2D eigenvalue weighted by atomic mass is 35.5. The molecule has 0 unspecified atom stereocenters. The number of aryl methyl sites for hydroxylation is 1. The summed E-state index contributed by atoms with van der Waals surface area (Å²) in [5, 5.41) is 3.66. The Morgan fingerprint density at radius 2 is 1.97 bits per heavy atom. The number of amides is 1. The molecular weight excluding hydrogens is 390 g/mol. The predicted molar refractivity (Wildman–Crippen MR) is 112 cm³/mol. The highest BCUT2D eigenvalue weighted by Crippen LogP contribution is 2.20. The monoisotopic (exact) mass is 411 g/mol. The highest BCUT2D eigenvalue weighted by Gasteiger charge is 2.17. The molecule has 0 aliphatic rings. The third-order valence-electron chi connectivity index (χ3n) is 4.43. The standard InChI is InChI=1S/C22H22ClN3O3/c1-14-24-18(13-22(28)25-14)12-20(16-6-8-17(23)9-7-16)26-21(27)11-15-4-3-5-19(10-15)29-2/h3-10,13,20H,11-12H2,1-2H3,(H,26,27)(H,24,25,28)/t20-/m1/s1. The van der Waals surface area contributed by atoms with Crippen LogP contribution in [0.1, 0.15) is 28.7 Å². The summed E-state index contributed by atoms with van der Waals surface area (Å²) in [6.45, 7) is 1.73. The predicted octanol–water partition coefficient (Wildman–Crippen LogP) is 3.38. The van der Waals surface area contributed by atoms with Crippen molar-refractivity contribution in [3.05, 3.63) is 92.6 Å². The van der Waals surface area contributed by atoms with E-state index < -0.39 is 0 Å². The van der Waals surface area contributed by atoms with Gasteiger partial charge in [-0.25, -0.2) is 4.98 Å². The topological polar surface area (TPSA) is 84.1 Å². The van der Waals surface area contributed by atoms with E-state index in [-0.39, 0.29) is 23.9 Å². The lowest BCUT2D eigenvalue weighted by molar-refractivity contribution is -0.121. The van der Waals surface area contributed by atoms with Crippen LogP contribution in [-0.4, -0.2) is 23.0 Å². The van der Waals surface area contributed by atoms with Crippen LogP contribution < -0.4 is 15.6 Å². The fourth-order valence-electron chi connectivity index (χ4n) is 3.12. The smallest absolute Gasteiger partial charge is 0.251 e. The van der Waals surface area contributed by atoms with Crippen LogP contribution >= 0.6 is 11.6 Å². The minimum Gasteiger partial charge on any atom is -0.497 e. The number of H-pyrrole nitrogens is 1. The van der Waals surface area contributed by atoms with E-state index in [4.69, 9.17) is 16.3 Å². The first-order valence-electron chi connectivity index (χ1n) is 9.17. The molecule has 0 spiro atoms. The van der Waals surface area contributed by atoms with Crippen molar-refractivity contribution >= 4 is 17.5 Å². The van der Waals surface area contributed by atoms with Crippen LogP contribution in [0.15, 0.2) is 59.4 Å². The number of benzene rings is 2. The summed E-state index contributed by atoms with van der Waals surface area (Å²) in [5.74, 6) is 1.09. The van der Waals surface area contributed by atoms with Gasteiger partial charge in [0.1, 0.15) is 11.6 Å². The van der Waals surface area contributed by atoms with Crippen LogP contribution in [0.5, 0.6) is 5.75 Å². The molecule has 2 N–H and O–H groups in total. The zero-order chi connectivity index (χ0) is 20.8. The van der Waals surface area contributed by atoms with E-state index in [1.807, 2.05) is 36.4 Å². The number of carbonyl (C=O) groups is 1. The van der Waals surface area contributed by atoms with E-state index in [2.05, 4.69) is 15.3 Å². The summed E-state index contributed by atoms with van der Waals surface area (Å²) < 4.78 is 5.21. The van der Waals surface area contributed by atoms with Gasteiger partial charge >= 0.3 is 0 Å². The number of nitrogens with zero attached hydrogens (tertiary/aromatic N) is 1. The summed E-state index contributed by atoms with van der Waals surface area (Å²) in [7, 11) is 1.59. The van der Waals surface area contributed by atoms with Gasteiger partial charge in [0.25, 0.3) is 5.56 Å². The van der Waals surface area contributed by atoms with Crippen molar-refractivity contribution in [2.45, 2.75) is 25.8 Å². The van der Waals surface area contributed by atoms with E-state index >= 15 is 0 Å². The molecule has 0 fully saturated rings. The Morgan fingerprint density at radius 1 is 1.21 bits per heavy atom. The molecule has 0 aliphatic heterocycles. The molecule has 0 radical (unpaired) electrons. The first kappa shape index (κ1) is 20.6. The van der Waals surface area contributed by atoms with Gasteiger partial charge in [0.2, 0.25) is 5.91 Å². The van der Waals surface area contributed by atoms with Crippen molar-refractivity contribution < 1.29 is 9.53 Å². The Hall–Kier alpha value is -3.12. The van der Waals surface area contributed by atoms with E-state index in [1.165, 1.54) is 6.07 Å². The fraction of sp³-hybridized carbons (Fsp3) is 0.227. The Balaban J connectivity index is 1.81. The van der Waals surface area contributed by atoms with E-state index in [0.29, 0.717) is 28.7 Å². The molecule has 1 amide bonds. The molecule has 0 saturated carbocycles. The number of nitrogens with one attached hydrogen (secondary N) is 2. The minimum absolute atomic E-state index is 0.139. The second kappa shape index (κ2) is 9.39. The molecule has 1 atom stereocenters. The number of aromatic nitrogens is 2. The zero-order valence-corrected chi connectivity index (χ0v) is 17.0. The number of hydrogen-bond donors (Lipinski definition) is 2. The van der Waals surface area contributed by atoms with Crippen molar-refractivity contribution in [1.29, 1.82) is 0 Å². The molecule has 1 aromatic heterocycles. The number of aromatic amines is 1. The van der Waals surface area contributed by atoms with Gasteiger partial charge in [-0.2, -0.15) is 0 Å². The molecule has 29 heavy (non-hydrogen) atoms. The largest absolute Gasteiger partial charge is 0.497 e. The van der Waals surface area contributed by atoms with Crippen LogP contribution in [0.3, 0.4) is 0 Å². The average molecular weight is 412 g/mol. The lowest BCUT2D eigenvalue weighted by Gasteiger charge is -2.19. The minimum atomic E-state index is -0.348. The fourth-order valence-corrected chi connectivity index (χ4v) is 3.24. The van der Waals surface area contributed by atoms with Gasteiger partial charge in [-0.05, 0) is 42.3 Å². The van der Waals surface area contributed by atoms with Gasteiger partial charge in [0.15, 0.2) is 0 Å². The van der Waals surface area contributed by atoms with Gasteiger partial charge < -0.3 is 15.0 Å². The molecule has 2 aromatic carbocycles. The van der Waals surface area contributed by atoms with Crippen molar-refractivity contribution in [3.63, 3.8) is 0 Å². The number of rotatable bonds is 7. The number of halogens is 1. The Kier molecular flexibility index (Phi) is 6.67. The number of hydrogen-bond acceptors (Lipinski definition) is 4. The molecule has 6 nitrogen and oxygen atoms in total. The summed E-state index contributed by atoms with van der Waals surface area (Å²) in [4.78, 5) is 31.5. The molecule has 150 valence electrons. The van der Waals surface area contributed by atoms with Crippen molar-refractivity contribution in [1.82, 2.24) is 15.3 Å². The summed E-state index contributed by atoms with van der Waals surface area (Å²) in [6.07, 6.45) is 0.597. The van der Waals surface area contributed by atoms with E-state index in [0.717, 1.165) is 11.1 Å². The first-order valence-corrected chi connectivity index (χ1v) is 9.55. The molecule has 3 rings (SSSR count). The maximum absolute atomic E-state index is 12.7. The average Bonchev–Trinajstić information content (AvgIpc) is 2.67. The van der Waals surface area contributed by atoms with Crippen molar-refractivity contribution in [2.75, 3.05) is 7.11 Å². The highest BCUT2D eigenvalue weighted by molar-refractivity contribution is 6.30. The first-order chi connectivity index (χ1) is 13.9. The van der Waals surface area contributed by atoms with Crippen LogP contribution in [0.25, 0.3) is 0 Å². The number of ether oxygens (including phenoxy) is 1. The Morgan fingerprint density at radius 3 is 2.66 bits per heavy atom. The molecule has 1 heterocycles.